The summed E-state index contributed by atoms with van der Waals surface area (Å²) in [5, 5.41) is 0. The Bertz CT molecular complexity index is 517. The number of nitrogens with zero attached hydrogens (tertiary/aromatic N) is 1. The molecule has 1 aromatic rings. The molecule has 1 amide bonds. The number of nitrogens with two attached hydrogens (primary N) is 1. The summed E-state index contributed by atoms with van der Waals surface area (Å²) in [6.07, 6.45) is 3.56. The molecule has 1 aromatic carbocycles. The summed E-state index contributed by atoms with van der Waals surface area (Å²) < 4.78 is 0. The fourth-order valence-corrected chi connectivity index (χ4v) is 4.06. The minimum absolute atomic E-state index is 0. The number of hydrogen-bond acceptors (Lipinski definition) is 2. The molecule has 0 spiro atoms. The number of benzene rings is 1. The van der Waals surface area contributed by atoms with E-state index in [1.807, 2.05) is 44.2 Å². The van der Waals surface area contributed by atoms with Crippen molar-refractivity contribution in [2.75, 3.05) is 13.1 Å². The third kappa shape index (κ3) is 3.02. The summed E-state index contributed by atoms with van der Waals surface area (Å²) in [6.45, 7) is 5.81. The van der Waals surface area contributed by atoms with Crippen LogP contribution in [0.3, 0.4) is 0 Å². The number of halogens is 1. The lowest BCUT2D eigenvalue weighted by molar-refractivity contribution is -0.135. The van der Waals surface area contributed by atoms with Crippen molar-refractivity contribution >= 4 is 18.3 Å². The van der Waals surface area contributed by atoms with Crippen LogP contribution in [0.2, 0.25) is 0 Å². The zero-order chi connectivity index (χ0) is 15.0. The van der Waals surface area contributed by atoms with E-state index in [1.165, 1.54) is 12.8 Å². The first kappa shape index (κ1) is 17.3. The number of carbonyl (C=O) groups excluding carboxylic acids is 1. The van der Waals surface area contributed by atoms with Gasteiger partial charge in [-0.3, -0.25) is 4.79 Å². The van der Waals surface area contributed by atoms with Crippen LogP contribution in [0, 0.1) is 11.8 Å². The number of carbonyl (C=O) groups is 1. The lowest BCUT2D eigenvalue weighted by atomic mass is 9.78. The first-order valence-electron chi connectivity index (χ1n) is 8.10. The molecule has 4 heteroatoms. The highest BCUT2D eigenvalue weighted by Gasteiger charge is 2.43. The molecule has 2 N–H and O–H groups in total. The molecular weight excluding hydrogens is 296 g/mol. The zero-order valence-electron chi connectivity index (χ0n) is 13.5. The molecule has 2 aliphatic rings. The molecule has 1 aliphatic heterocycles. The molecule has 0 aromatic heterocycles. The molecule has 0 bridgehead atoms. The Balaban J connectivity index is 0.00000176. The monoisotopic (exact) mass is 322 g/mol. The van der Waals surface area contributed by atoms with Crippen molar-refractivity contribution in [1.29, 1.82) is 0 Å². The van der Waals surface area contributed by atoms with Gasteiger partial charge < -0.3 is 10.6 Å². The minimum Gasteiger partial charge on any atom is -0.341 e. The maximum atomic E-state index is 13.0. The third-order valence-electron chi connectivity index (χ3n) is 5.47. The van der Waals surface area contributed by atoms with Gasteiger partial charge in [-0.25, -0.2) is 0 Å². The van der Waals surface area contributed by atoms with E-state index in [0.29, 0.717) is 11.8 Å². The van der Waals surface area contributed by atoms with Crippen LogP contribution < -0.4 is 5.73 Å². The molecule has 2 fully saturated rings. The largest absolute Gasteiger partial charge is 0.341 e. The normalized spacial score (nSPS) is 28.0. The van der Waals surface area contributed by atoms with Crippen LogP contribution in [0.25, 0.3) is 0 Å². The summed E-state index contributed by atoms with van der Waals surface area (Å²) >= 11 is 0. The fourth-order valence-electron chi connectivity index (χ4n) is 4.06. The van der Waals surface area contributed by atoms with E-state index in [9.17, 15) is 4.79 Å². The first-order valence-corrected chi connectivity index (χ1v) is 8.10. The second kappa shape index (κ2) is 6.59. The summed E-state index contributed by atoms with van der Waals surface area (Å²) in [5.74, 6) is 1.37. The number of rotatable bonds is 2. The van der Waals surface area contributed by atoms with Crippen LogP contribution in [0.1, 0.15) is 38.7 Å². The highest BCUT2D eigenvalue weighted by molar-refractivity contribution is 5.87. The molecule has 3 rings (SSSR count). The number of likely N-dealkylation sites (tertiary alicyclic amines) is 1. The van der Waals surface area contributed by atoms with Crippen LogP contribution in [0.4, 0.5) is 0 Å². The van der Waals surface area contributed by atoms with Gasteiger partial charge in [0.2, 0.25) is 5.91 Å². The number of fused-ring (bicyclic) bond motifs is 1. The van der Waals surface area contributed by atoms with E-state index in [2.05, 4.69) is 4.90 Å². The third-order valence-corrected chi connectivity index (χ3v) is 5.47. The number of hydrogen-bond donors (Lipinski definition) is 1. The molecule has 122 valence electrons. The quantitative estimate of drug-likeness (QED) is 0.910. The topological polar surface area (TPSA) is 46.3 Å². The Morgan fingerprint density at radius 3 is 2.50 bits per heavy atom. The van der Waals surface area contributed by atoms with Gasteiger partial charge in [0.1, 0.15) is 0 Å². The smallest absolute Gasteiger partial charge is 0.232 e. The predicted molar refractivity (Wildman–Crippen MR) is 92.1 cm³/mol. The zero-order valence-corrected chi connectivity index (χ0v) is 14.3. The Morgan fingerprint density at radius 1 is 1.18 bits per heavy atom. The summed E-state index contributed by atoms with van der Waals surface area (Å²) in [5.41, 5.74) is 6.90. The maximum absolute atomic E-state index is 13.0. The second-order valence-corrected chi connectivity index (χ2v) is 7.22. The van der Waals surface area contributed by atoms with Crippen molar-refractivity contribution in [2.45, 2.75) is 44.6 Å². The van der Waals surface area contributed by atoms with Gasteiger partial charge in [0.05, 0.1) is 5.41 Å². The SMILES string of the molecule is CC(C)(C(=O)N1CC2CCCC(N)C2C1)c1ccccc1.Cl. The van der Waals surface area contributed by atoms with Gasteiger partial charge >= 0.3 is 0 Å². The van der Waals surface area contributed by atoms with Crippen molar-refractivity contribution in [2.24, 2.45) is 17.6 Å². The molecule has 1 aliphatic carbocycles. The van der Waals surface area contributed by atoms with Crippen molar-refractivity contribution in [1.82, 2.24) is 4.90 Å². The maximum Gasteiger partial charge on any atom is 0.232 e. The molecule has 3 atom stereocenters. The Hall–Kier alpha value is -1.06. The van der Waals surface area contributed by atoms with Crippen molar-refractivity contribution in [3.05, 3.63) is 35.9 Å². The molecule has 1 heterocycles. The summed E-state index contributed by atoms with van der Waals surface area (Å²) in [4.78, 5) is 15.1. The van der Waals surface area contributed by atoms with Crippen molar-refractivity contribution in [3.63, 3.8) is 0 Å². The molecule has 3 nitrogen and oxygen atoms in total. The van der Waals surface area contributed by atoms with Crippen LogP contribution in [0.15, 0.2) is 30.3 Å². The second-order valence-electron chi connectivity index (χ2n) is 7.22. The molecule has 1 saturated carbocycles. The van der Waals surface area contributed by atoms with Gasteiger partial charge in [0, 0.05) is 19.1 Å². The van der Waals surface area contributed by atoms with E-state index in [4.69, 9.17) is 5.73 Å². The lowest BCUT2D eigenvalue weighted by Gasteiger charge is -2.30. The average Bonchev–Trinajstić information content (AvgIpc) is 2.93. The number of amides is 1. The lowest BCUT2D eigenvalue weighted by Crippen LogP contribution is -2.43. The van der Waals surface area contributed by atoms with Crippen LogP contribution in [-0.2, 0) is 10.2 Å². The van der Waals surface area contributed by atoms with Crippen molar-refractivity contribution < 1.29 is 4.79 Å². The van der Waals surface area contributed by atoms with Gasteiger partial charge in [-0.1, -0.05) is 36.8 Å². The van der Waals surface area contributed by atoms with E-state index in [0.717, 1.165) is 25.1 Å². The fraction of sp³-hybridized carbons (Fsp3) is 0.611. The van der Waals surface area contributed by atoms with Crippen LogP contribution in [-0.4, -0.2) is 29.9 Å². The molecular formula is C18H27ClN2O. The van der Waals surface area contributed by atoms with Crippen LogP contribution in [0.5, 0.6) is 0 Å². The van der Waals surface area contributed by atoms with Gasteiger partial charge in [0.25, 0.3) is 0 Å². The Labute approximate surface area is 139 Å². The summed E-state index contributed by atoms with van der Waals surface area (Å²) in [6, 6.07) is 10.4. The van der Waals surface area contributed by atoms with Crippen LogP contribution >= 0.6 is 12.4 Å². The van der Waals surface area contributed by atoms with E-state index in [1.54, 1.807) is 0 Å². The molecule has 0 radical (unpaired) electrons. The van der Waals surface area contributed by atoms with Crippen molar-refractivity contribution in [3.8, 4) is 0 Å². The van der Waals surface area contributed by atoms with E-state index < -0.39 is 5.41 Å². The molecule has 1 saturated heterocycles. The van der Waals surface area contributed by atoms with Gasteiger partial charge in [-0.15, -0.1) is 12.4 Å². The highest BCUT2D eigenvalue weighted by atomic mass is 35.5. The summed E-state index contributed by atoms with van der Waals surface area (Å²) in [7, 11) is 0. The van der Waals surface area contributed by atoms with Gasteiger partial charge in [0.15, 0.2) is 0 Å². The van der Waals surface area contributed by atoms with E-state index in [-0.39, 0.29) is 24.4 Å². The van der Waals surface area contributed by atoms with Gasteiger partial charge in [-0.2, -0.15) is 0 Å². The first-order chi connectivity index (χ1) is 10.00. The minimum atomic E-state index is -0.459. The predicted octanol–water partition coefficient (Wildman–Crippen LogP) is 2.97. The average molecular weight is 323 g/mol. The Kier molecular flexibility index (Phi) is 5.18. The molecule has 22 heavy (non-hydrogen) atoms. The van der Waals surface area contributed by atoms with Gasteiger partial charge in [-0.05, 0) is 44.1 Å². The molecule has 3 unspecified atom stereocenters. The standard InChI is InChI=1S/C18H26N2O.ClH/c1-18(2,14-8-4-3-5-9-14)17(21)20-11-13-7-6-10-16(19)15(13)12-20;/h3-5,8-9,13,15-16H,6-7,10-12,19H2,1-2H3;1H. The van der Waals surface area contributed by atoms with E-state index >= 15 is 0 Å². The highest BCUT2D eigenvalue weighted by Crippen LogP contribution is 2.37. The Morgan fingerprint density at radius 2 is 1.86 bits per heavy atom.